The number of benzene rings is 1. The second kappa shape index (κ2) is 5.25. The lowest BCUT2D eigenvalue weighted by Crippen LogP contribution is -2.37. The largest absolute Gasteiger partial charge is 0.478 e. The number of amides is 1. The van der Waals surface area contributed by atoms with Gasteiger partial charge in [-0.05, 0) is 37.0 Å². The number of aromatic carboxylic acids is 1. The molecule has 20 heavy (non-hydrogen) atoms. The molecule has 0 spiro atoms. The van der Waals surface area contributed by atoms with Crippen LogP contribution in [0.5, 0.6) is 0 Å². The van der Waals surface area contributed by atoms with Crippen molar-refractivity contribution in [3.63, 3.8) is 0 Å². The maximum absolute atomic E-state index is 12.1. The fourth-order valence-electron chi connectivity index (χ4n) is 3.20. The SMILES string of the molecule is O=C(O)c1ccc(CNC(=O)C2CC3CCC2N3)cc1. The smallest absolute Gasteiger partial charge is 0.335 e. The highest BCUT2D eigenvalue weighted by atomic mass is 16.4. The van der Waals surface area contributed by atoms with E-state index in [9.17, 15) is 9.59 Å². The number of nitrogens with one attached hydrogen (secondary N) is 2. The van der Waals surface area contributed by atoms with Crippen LogP contribution < -0.4 is 10.6 Å². The molecular formula is C15H18N2O3. The van der Waals surface area contributed by atoms with Gasteiger partial charge in [0.1, 0.15) is 0 Å². The Bertz CT molecular complexity index is 526. The van der Waals surface area contributed by atoms with Crippen LogP contribution in [0.3, 0.4) is 0 Å². The number of carboxylic acid groups (broad SMARTS) is 1. The fraction of sp³-hybridized carbons (Fsp3) is 0.467. The molecule has 3 unspecified atom stereocenters. The zero-order valence-corrected chi connectivity index (χ0v) is 11.1. The first-order valence-corrected chi connectivity index (χ1v) is 6.99. The second-order valence-corrected chi connectivity index (χ2v) is 5.61. The van der Waals surface area contributed by atoms with Gasteiger partial charge in [-0.3, -0.25) is 4.79 Å². The Kier molecular flexibility index (Phi) is 3.44. The van der Waals surface area contributed by atoms with Gasteiger partial charge in [-0.2, -0.15) is 0 Å². The van der Waals surface area contributed by atoms with E-state index in [0.29, 0.717) is 18.6 Å². The topological polar surface area (TPSA) is 78.4 Å². The summed E-state index contributed by atoms with van der Waals surface area (Å²) in [4.78, 5) is 22.9. The Morgan fingerprint density at radius 3 is 2.55 bits per heavy atom. The highest BCUT2D eigenvalue weighted by Gasteiger charge is 2.42. The Morgan fingerprint density at radius 2 is 2.00 bits per heavy atom. The highest BCUT2D eigenvalue weighted by molar-refractivity contribution is 5.87. The molecule has 0 aliphatic carbocycles. The van der Waals surface area contributed by atoms with Crippen LogP contribution in [-0.4, -0.2) is 29.1 Å². The summed E-state index contributed by atoms with van der Waals surface area (Å²) in [7, 11) is 0. The van der Waals surface area contributed by atoms with Crippen molar-refractivity contribution in [2.75, 3.05) is 0 Å². The van der Waals surface area contributed by atoms with Crippen molar-refractivity contribution in [1.82, 2.24) is 10.6 Å². The van der Waals surface area contributed by atoms with Gasteiger partial charge in [-0.15, -0.1) is 0 Å². The van der Waals surface area contributed by atoms with Gasteiger partial charge in [-0.1, -0.05) is 12.1 Å². The van der Waals surface area contributed by atoms with Crippen LogP contribution in [0.4, 0.5) is 0 Å². The lowest BCUT2D eigenvalue weighted by Gasteiger charge is -2.19. The maximum atomic E-state index is 12.1. The van der Waals surface area contributed by atoms with E-state index >= 15 is 0 Å². The van der Waals surface area contributed by atoms with Crippen molar-refractivity contribution in [3.8, 4) is 0 Å². The predicted octanol–water partition coefficient (Wildman–Crippen LogP) is 1.14. The van der Waals surface area contributed by atoms with Crippen LogP contribution >= 0.6 is 0 Å². The molecule has 2 saturated heterocycles. The first-order valence-electron chi connectivity index (χ1n) is 6.99. The third kappa shape index (κ3) is 2.54. The van der Waals surface area contributed by atoms with Gasteiger partial charge in [0.2, 0.25) is 5.91 Å². The molecule has 3 atom stereocenters. The van der Waals surface area contributed by atoms with Crippen LogP contribution in [0, 0.1) is 5.92 Å². The second-order valence-electron chi connectivity index (χ2n) is 5.61. The van der Waals surface area contributed by atoms with Crippen molar-refractivity contribution in [3.05, 3.63) is 35.4 Å². The van der Waals surface area contributed by atoms with E-state index < -0.39 is 5.97 Å². The van der Waals surface area contributed by atoms with E-state index in [4.69, 9.17) is 5.11 Å². The monoisotopic (exact) mass is 274 g/mol. The van der Waals surface area contributed by atoms with Crippen LogP contribution in [0.25, 0.3) is 0 Å². The predicted molar refractivity (Wildman–Crippen MR) is 73.3 cm³/mol. The van der Waals surface area contributed by atoms with Crippen molar-refractivity contribution < 1.29 is 14.7 Å². The van der Waals surface area contributed by atoms with Gasteiger partial charge in [0.15, 0.2) is 0 Å². The van der Waals surface area contributed by atoms with Crippen LogP contribution in [0.1, 0.15) is 35.2 Å². The third-order valence-electron chi connectivity index (χ3n) is 4.30. The number of rotatable bonds is 4. The molecule has 3 rings (SSSR count). The molecule has 2 fully saturated rings. The van der Waals surface area contributed by atoms with Crippen molar-refractivity contribution in [1.29, 1.82) is 0 Å². The van der Waals surface area contributed by atoms with Gasteiger partial charge >= 0.3 is 5.97 Å². The lowest BCUT2D eigenvalue weighted by atomic mass is 9.88. The molecule has 2 aliphatic rings. The summed E-state index contributed by atoms with van der Waals surface area (Å²) in [6.45, 7) is 0.451. The van der Waals surface area contributed by atoms with Crippen molar-refractivity contribution in [2.45, 2.75) is 37.9 Å². The minimum Gasteiger partial charge on any atom is -0.478 e. The molecule has 1 aromatic rings. The summed E-state index contributed by atoms with van der Waals surface area (Å²) in [5.41, 5.74) is 1.18. The van der Waals surface area contributed by atoms with Crippen molar-refractivity contribution in [2.24, 2.45) is 5.92 Å². The summed E-state index contributed by atoms with van der Waals surface area (Å²) in [5, 5.41) is 15.2. The molecule has 0 radical (unpaired) electrons. The minimum atomic E-state index is -0.936. The summed E-state index contributed by atoms with van der Waals surface area (Å²) in [6.07, 6.45) is 3.22. The third-order valence-corrected chi connectivity index (χ3v) is 4.30. The Hall–Kier alpha value is -1.88. The highest BCUT2D eigenvalue weighted by Crippen LogP contribution is 2.33. The fourth-order valence-corrected chi connectivity index (χ4v) is 3.20. The van der Waals surface area contributed by atoms with E-state index in [2.05, 4.69) is 10.6 Å². The first-order chi connectivity index (χ1) is 9.63. The average Bonchev–Trinajstić information content (AvgIpc) is 3.08. The van der Waals surface area contributed by atoms with E-state index in [0.717, 1.165) is 18.4 Å². The molecule has 106 valence electrons. The summed E-state index contributed by atoms with van der Waals surface area (Å²) in [5.74, 6) is -0.743. The molecule has 2 aliphatic heterocycles. The molecule has 2 heterocycles. The summed E-state index contributed by atoms with van der Waals surface area (Å²) < 4.78 is 0. The average molecular weight is 274 g/mol. The van der Waals surface area contributed by atoms with Gasteiger partial charge in [0.25, 0.3) is 0 Å². The molecule has 2 bridgehead atoms. The summed E-state index contributed by atoms with van der Waals surface area (Å²) in [6, 6.07) is 7.46. The van der Waals surface area contributed by atoms with Crippen LogP contribution in [0.15, 0.2) is 24.3 Å². The maximum Gasteiger partial charge on any atom is 0.335 e. The normalized spacial score (nSPS) is 27.5. The molecular weight excluding hydrogens is 256 g/mol. The lowest BCUT2D eigenvalue weighted by molar-refractivity contribution is -0.125. The Morgan fingerprint density at radius 1 is 1.25 bits per heavy atom. The zero-order chi connectivity index (χ0) is 14.1. The molecule has 1 aromatic carbocycles. The van der Waals surface area contributed by atoms with E-state index in [1.807, 2.05) is 0 Å². The zero-order valence-electron chi connectivity index (χ0n) is 11.1. The molecule has 3 N–H and O–H groups in total. The Balaban J connectivity index is 1.54. The van der Waals surface area contributed by atoms with Gasteiger partial charge in [-0.25, -0.2) is 4.79 Å². The van der Waals surface area contributed by atoms with Gasteiger partial charge in [0, 0.05) is 18.6 Å². The number of hydrogen-bond donors (Lipinski definition) is 3. The number of fused-ring (bicyclic) bond motifs is 2. The number of carbonyl (C=O) groups excluding carboxylic acids is 1. The molecule has 1 amide bonds. The molecule has 5 nitrogen and oxygen atoms in total. The standard InChI is InChI=1S/C15H18N2O3/c18-14(12-7-11-5-6-13(12)17-11)16-8-9-1-3-10(4-2-9)15(19)20/h1-4,11-13,17H,5-8H2,(H,16,18)(H,19,20). The number of hydrogen-bond acceptors (Lipinski definition) is 3. The van der Waals surface area contributed by atoms with Gasteiger partial charge in [0.05, 0.1) is 11.5 Å². The van der Waals surface area contributed by atoms with E-state index in [-0.39, 0.29) is 17.4 Å². The van der Waals surface area contributed by atoms with Gasteiger partial charge < -0.3 is 15.7 Å². The van der Waals surface area contributed by atoms with Crippen molar-refractivity contribution >= 4 is 11.9 Å². The molecule has 0 aromatic heterocycles. The Labute approximate surface area is 117 Å². The van der Waals surface area contributed by atoms with Crippen LogP contribution in [0.2, 0.25) is 0 Å². The van der Waals surface area contributed by atoms with E-state index in [1.165, 1.54) is 6.42 Å². The molecule has 0 saturated carbocycles. The molecule has 5 heteroatoms. The van der Waals surface area contributed by atoms with E-state index in [1.54, 1.807) is 24.3 Å². The summed E-state index contributed by atoms with van der Waals surface area (Å²) >= 11 is 0. The quantitative estimate of drug-likeness (QED) is 0.769. The minimum absolute atomic E-state index is 0.0899. The number of carbonyl (C=O) groups is 2. The number of carboxylic acids is 1. The van der Waals surface area contributed by atoms with Crippen LogP contribution in [-0.2, 0) is 11.3 Å². The first kappa shape index (κ1) is 13.1.